The van der Waals surface area contributed by atoms with Crippen LogP contribution < -0.4 is 20.7 Å². The van der Waals surface area contributed by atoms with Gasteiger partial charge >= 0.3 is 29.4 Å². The minimum atomic E-state index is -4.72. The maximum atomic E-state index is 13.9. The van der Waals surface area contributed by atoms with Crippen molar-refractivity contribution in [1.29, 1.82) is 0 Å². The molecule has 4 heterocycles. The molecule has 187 valence electrons. The fourth-order valence-electron chi connectivity index (χ4n) is 3.62. The Balaban J connectivity index is 0.00000361. The van der Waals surface area contributed by atoms with Gasteiger partial charge in [0, 0.05) is 6.21 Å². The molecule has 0 fully saturated rings. The van der Waals surface area contributed by atoms with E-state index in [2.05, 4.69) is 20.0 Å². The van der Waals surface area contributed by atoms with Crippen LogP contribution in [0.2, 0.25) is 0 Å². The van der Waals surface area contributed by atoms with Crippen LogP contribution in [-0.4, -0.2) is 24.3 Å². The molecule has 0 amide bonds. The van der Waals surface area contributed by atoms with Gasteiger partial charge in [-0.1, -0.05) is 29.8 Å². The Morgan fingerprint density at radius 1 is 0.722 bits per heavy atom. The van der Waals surface area contributed by atoms with Gasteiger partial charge in [-0.3, -0.25) is 4.99 Å². The number of aliphatic imine (C=N–C) groups is 2. The fraction of sp³-hybridized carbons (Fsp3) is 0.200. The zero-order valence-electron chi connectivity index (χ0n) is 19.1. The van der Waals surface area contributed by atoms with Crippen LogP contribution in [0.1, 0.15) is 32.2 Å². The maximum absolute atomic E-state index is 13.9. The molecule has 2 aliphatic rings. The van der Waals surface area contributed by atoms with Gasteiger partial charge < -0.3 is 9.97 Å². The van der Waals surface area contributed by atoms with Gasteiger partial charge in [-0.05, 0) is 50.6 Å². The van der Waals surface area contributed by atoms with Gasteiger partial charge in [0.15, 0.2) is 0 Å². The van der Waals surface area contributed by atoms with Crippen molar-refractivity contribution >= 4 is 34.2 Å². The molecule has 1 radical (unpaired) electrons. The number of halogens is 6. The van der Waals surface area contributed by atoms with Crippen molar-refractivity contribution in [2.24, 2.45) is 9.98 Å². The van der Waals surface area contributed by atoms with Gasteiger partial charge in [0.25, 0.3) is 0 Å². The van der Waals surface area contributed by atoms with E-state index in [0.717, 1.165) is 5.57 Å². The summed E-state index contributed by atoms with van der Waals surface area (Å²) in [7, 11) is 0. The Morgan fingerprint density at radius 2 is 1.36 bits per heavy atom. The molecule has 0 atom stereocenters. The van der Waals surface area contributed by atoms with Crippen molar-refractivity contribution in [3.05, 3.63) is 82.0 Å². The average Bonchev–Trinajstić information content (AvgIpc) is 3.54. The van der Waals surface area contributed by atoms with Gasteiger partial charge in [0.05, 0.1) is 28.3 Å². The predicted molar refractivity (Wildman–Crippen MR) is 123 cm³/mol. The minimum Gasteiger partial charge on any atom is -0.657 e. The van der Waals surface area contributed by atoms with Gasteiger partial charge in [0.1, 0.15) is 0 Å². The summed E-state index contributed by atoms with van der Waals surface area (Å²) in [6, 6.07) is 5.36. The fourth-order valence-corrected chi connectivity index (χ4v) is 3.62. The van der Waals surface area contributed by atoms with Gasteiger partial charge in [-0.15, -0.1) is 22.1 Å². The van der Waals surface area contributed by atoms with Crippen LogP contribution in [-0.2, 0) is 17.1 Å². The molecule has 0 aromatic carbocycles. The zero-order chi connectivity index (χ0) is 25.5. The minimum absolute atomic E-state index is 0. The first-order chi connectivity index (χ1) is 16.4. The summed E-state index contributed by atoms with van der Waals surface area (Å²) in [4.78, 5) is 16.0. The van der Waals surface area contributed by atoms with E-state index in [1.165, 1.54) is 61.7 Å². The standard InChI is InChI=1S/C25H18F6N4.Mn/c1-13(2)15-6-9-20(33-15)23(25(29,30)31)21-11-8-17(35-21)14(3)16-7-10-19(34-16)22(24(26,27)28)18-5-4-12-32-18;/h4-12H,1-3H3;/q-2;+2/b17-14-,22-18+,23-20+;. The van der Waals surface area contributed by atoms with Crippen LogP contribution in [0.4, 0.5) is 26.3 Å². The molecule has 0 N–H and O–H groups in total. The molecule has 4 rings (SSSR count). The van der Waals surface area contributed by atoms with Crippen LogP contribution in [0.25, 0.3) is 22.3 Å². The second-order valence-corrected chi connectivity index (χ2v) is 8.04. The quantitative estimate of drug-likeness (QED) is 0.411. The Labute approximate surface area is 212 Å². The van der Waals surface area contributed by atoms with Gasteiger partial charge in [-0.25, -0.2) is 4.99 Å². The smallest absolute Gasteiger partial charge is 0.657 e. The molecule has 0 spiro atoms. The monoisotopic (exact) mass is 543 g/mol. The third-order valence-corrected chi connectivity index (χ3v) is 5.35. The number of rotatable bonds is 3. The second-order valence-electron chi connectivity index (χ2n) is 8.04. The zero-order valence-corrected chi connectivity index (χ0v) is 20.3. The summed E-state index contributed by atoms with van der Waals surface area (Å²) in [5.41, 5.74) is -1.49. The topological polar surface area (TPSA) is 52.9 Å². The van der Waals surface area contributed by atoms with Crippen molar-refractivity contribution in [2.45, 2.75) is 33.1 Å². The summed E-state index contributed by atoms with van der Waals surface area (Å²) in [5, 5.41) is 0.192. The summed E-state index contributed by atoms with van der Waals surface area (Å²) in [6.45, 7) is 5.02. The number of aromatic nitrogens is 2. The molecule has 36 heavy (non-hydrogen) atoms. The molecule has 0 bridgehead atoms. The molecule has 2 aromatic heterocycles. The van der Waals surface area contributed by atoms with E-state index >= 15 is 0 Å². The Kier molecular flexibility index (Phi) is 7.57. The summed E-state index contributed by atoms with van der Waals surface area (Å²) < 4.78 is 82.7. The first-order valence-electron chi connectivity index (χ1n) is 10.4. The van der Waals surface area contributed by atoms with Crippen LogP contribution >= 0.6 is 0 Å². The van der Waals surface area contributed by atoms with Crippen LogP contribution in [0, 0.1) is 0 Å². The van der Waals surface area contributed by atoms with E-state index in [1.54, 1.807) is 13.8 Å². The van der Waals surface area contributed by atoms with Gasteiger partial charge in [0.2, 0.25) is 0 Å². The van der Waals surface area contributed by atoms with E-state index in [9.17, 15) is 26.3 Å². The summed E-state index contributed by atoms with van der Waals surface area (Å²) in [5.74, 6) is 0. The van der Waals surface area contributed by atoms with Crippen LogP contribution in [0.15, 0.2) is 69.9 Å². The Hall–Kier alpha value is -3.30. The molecule has 0 aliphatic carbocycles. The molecular weight excluding hydrogens is 525 g/mol. The molecule has 0 saturated heterocycles. The number of hydrogen-bond acceptors (Lipinski definition) is 2. The van der Waals surface area contributed by atoms with Crippen LogP contribution in [0.5, 0.6) is 0 Å². The summed E-state index contributed by atoms with van der Waals surface area (Å²) >= 11 is 0. The van der Waals surface area contributed by atoms with E-state index in [1.807, 2.05) is 0 Å². The molecule has 4 nitrogen and oxygen atoms in total. The first kappa shape index (κ1) is 27.3. The molecular formula is C25H18F6MnN4. The molecule has 2 aromatic rings. The van der Waals surface area contributed by atoms with Gasteiger partial charge in [-0.2, -0.15) is 26.3 Å². The maximum Gasteiger partial charge on any atom is 2.00 e. The number of nitrogens with zero attached hydrogens (tertiary/aromatic N) is 4. The van der Waals surface area contributed by atoms with Crippen molar-refractivity contribution in [2.75, 3.05) is 0 Å². The number of hydrogen-bond donors (Lipinski definition) is 0. The SMILES string of the molecule is CC(C)=c1cc/c(=C(C2=N/C(=C(/C)c3ccc(/C(=C4/C=CC=N4)C(F)(F)F)[n-]3)C=C2)\C(F)(F)F)[n-]1.[Mn+2]. The average molecular weight is 543 g/mol. The van der Waals surface area contributed by atoms with E-state index in [4.69, 9.17) is 0 Å². The number of allylic oxidation sites excluding steroid dienone is 6. The van der Waals surface area contributed by atoms with Crippen LogP contribution in [0.3, 0.4) is 0 Å². The molecule has 0 saturated carbocycles. The molecule has 2 aliphatic heterocycles. The van der Waals surface area contributed by atoms with E-state index in [-0.39, 0.29) is 50.9 Å². The largest absolute Gasteiger partial charge is 2.00 e. The van der Waals surface area contributed by atoms with E-state index in [0.29, 0.717) is 10.9 Å². The van der Waals surface area contributed by atoms with Crippen molar-refractivity contribution in [3.8, 4) is 0 Å². The van der Waals surface area contributed by atoms with Crippen molar-refractivity contribution < 1.29 is 43.4 Å². The molecule has 11 heteroatoms. The Bertz CT molecular complexity index is 1470. The molecule has 0 unspecified atom stereocenters. The van der Waals surface area contributed by atoms with E-state index < -0.39 is 23.5 Å². The van der Waals surface area contributed by atoms with Crippen molar-refractivity contribution in [3.63, 3.8) is 0 Å². The third kappa shape index (κ3) is 5.42. The number of alkyl halides is 6. The summed E-state index contributed by atoms with van der Waals surface area (Å²) in [6.07, 6.45) is -2.97. The second kappa shape index (κ2) is 9.98. The predicted octanol–water partition coefficient (Wildman–Crippen LogP) is 4.86. The third-order valence-electron chi connectivity index (χ3n) is 5.35. The first-order valence-corrected chi connectivity index (χ1v) is 10.4. The van der Waals surface area contributed by atoms with Crippen molar-refractivity contribution in [1.82, 2.24) is 9.97 Å². The Morgan fingerprint density at radius 3 is 1.92 bits per heavy atom. The normalized spacial score (nSPS) is 18.9.